The topological polar surface area (TPSA) is 117 Å². The first kappa shape index (κ1) is 20.1. The minimum atomic E-state index is -4.64. The number of nitrogens with one attached hydrogen (secondary N) is 3. The molecule has 1 fully saturated rings. The summed E-state index contributed by atoms with van der Waals surface area (Å²) in [6.45, 7) is 0. The van der Waals surface area contributed by atoms with Gasteiger partial charge in [0.1, 0.15) is 17.1 Å². The lowest BCUT2D eigenvalue weighted by Gasteiger charge is -2.29. The Hall–Kier alpha value is -3.15. The number of halogens is 3. The molecule has 1 aliphatic rings. The number of nitrogens with zero attached hydrogens (tertiary/aromatic N) is 4. The molecule has 1 aliphatic carbocycles. The van der Waals surface area contributed by atoms with Crippen molar-refractivity contribution in [3.05, 3.63) is 35.9 Å². The summed E-state index contributed by atoms with van der Waals surface area (Å²) in [7, 11) is 1.40. The van der Waals surface area contributed by atoms with Crippen molar-refractivity contribution in [3.63, 3.8) is 0 Å². The molecule has 3 aromatic heterocycles. The van der Waals surface area contributed by atoms with Crippen LogP contribution >= 0.6 is 0 Å². The van der Waals surface area contributed by atoms with Crippen molar-refractivity contribution in [2.45, 2.75) is 43.9 Å². The van der Waals surface area contributed by atoms with Gasteiger partial charge in [0, 0.05) is 18.3 Å². The molecule has 2 atom stereocenters. The fourth-order valence-electron chi connectivity index (χ4n) is 3.67. The van der Waals surface area contributed by atoms with E-state index in [4.69, 9.17) is 5.73 Å². The second kappa shape index (κ2) is 7.59. The summed E-state index contributed by atoms with van der Waals surface area (Å²) in [6.07, 6.45) is 3.43. The Kier molecular flexibility index (Phi) is 5.10. The molecule has 0 saturated heterocycles. The molecule has 1 amide bonds. The minimum absolute atomic E-state index is 0.0135. The van der Waals surface area contributed by atoms with Crippen LogP contribution in [0.4, 0.5) is 24.7 Å². The van der Waals surface area contributed by atoms with Gasteiger partial charge in [-0.25, -0.2) is 9.50 Å². The zero-order valence-electron chi connectivity index (χ0n) is 16.2. The number of aryl methyl sites for hydroxylation is 1. The second-order valence-corrected chi connectivity index (χ2v) is 7.43. The SMILES string of the molecule is C[n+]1cc(NC(=O)c2cnn3ccc(N[C@@H]4CCCC[C@@H]4N)nc23)c(C(F)(F)F)[nH]1. The molecule has 3 heterocycles. The van der Waals surface area contributed by atoms with E-state index in [0.29, 0.717) is 5.82 Å². The molecule has 160 valence electrons. The van der Waals surface area contributed by atoms with Gasteiger partial charge in [-0.2, -0.15) is 23.4 Å². The second-order valence-electron chi connectivity index (χ2n) is 7.43. The van der Waals surface area contributed by atoms with E-state index in [0.717, 1.165) is 36.6 Å². The molecule has 4 rings (SSSR count). The summed E-state index contributed by atoms with van der Waals surface area (Å²) in [5.74, 6) is -0.211. The number of amides is 1. The van der Waals surface area contributed by atoms with E-state index in [9.17, 15) is 18.0 Å². The van der Waals surface area contributed by atoms with E-state index >= 15 is 0 Å². The van der Waals surface area contributed by atoms with Gasteiger partial charge < -0.3 is 16.4 Å². The summed E-state index contributed by atoms with van der Waals surface area (Å²) in [6, 6.07) is 1.80. The Morgan fingerprint density at radius 3 is 2.87 bits per heavy atom. The first-order chi connectivity index (χ1) is 14.2. The van der Waals surface area contributed by atoms with E-state index in [1.165, 1.54) is 17.8 Å². The molecule has 0 aliphatic heterocycles. The van der Waals surface area contributed by atoms with Gasteiger partial charge >= 0.3 is 6.18 Å². The summed E-state index contributed by atoms with van der Waals surface area (Å²) < 4.78 is 42.0. The van der Waals surface area contributed by atoms with Gasteiger partial charge in [-0.15, -0.1) is 4.68 Å². The maximum atomic E-state index is 13.2. The molecular weight excluding hydrogens is 401 g/mol. The number of aromatic nitrogens is 5. The van der Waals surface area contributed by atoms with Gasteiger partial charge in [0.15, 0.2) is 12.7 Å². The average molecular weight is 423 g/mol. The van der Waals surface area contributed by atoms with Crippen molar-refractivity contribution in [1.82, 2.24) is 19.7 Å². The highest BCUT2D eigenvalue weighted by Crippen LogP contribution is 2.32. The number of carbonyl (C=O) groups excluding carboxylic acids is 1. The lowest BCUT2D eigenvalue weighted by Crippen LogP contribution is -2.42. The summed E-state index contributed by atoms with van der Waals surface area (Å²) in [4.78, 5) is 17.1. The fraction of sp³-hybridized carbons (Fsp3) is 0.444. The lowest BCUT2D eigenvalue weighted by atomic mass is 9.91. The molecule has 9 nitrogen and oxygen atoms in total. The van der Waals surface area contributed by atoms with Crippen molar-refractivity contribution >= 4 is 23.1 Å². The van der Waals surface area contributed by atoms with Crippen LogP contribution in [0.5, 0.6) is 0 Å². The number of nitrogens with two attached hydrogens (primary N) is 1. The van der Waals surface area contributed by atoms with Crippen LogP contribution in [-0.2, 0) is 13.2 Å². The molecule has 0 bridgehead atoms. The number of fused-ring (bicyclic) bond motifs is 1. The van der Waals surface area contributed by atoms with E-state index in [1.54, 1.807) is 12.3 Å². The summed E-state index contributed by atoms with van der Waals surface area (Å²) in [5.41, 5.74) is 5.03. The smallest absolute Gasteiger partial charge is 0.366 e. The molecule has 5 N–H and O–H groups in total. The predicted octanol–water partition coefficient (Wildman–Crippen LogP) is 1.83. The van der Waals surface area contributed by atoms with Gasteiger partial charge in [-0.1, -0.05) is 12.8 Å². The largest absolute Gasteiger partial charge is 0.438 e. The number of carbonyl (C=O) groups is 1. The normalized spacial score (nSPS) is 19.8. The summed E-state index contributed by atoms with van der Waals surface area (Å²) >= 11 is 0. The number of hydrogen-bond acceptors (Lipinski definition) is 5. The van der Waals surface area contributed by atoms with Crippen LogP contribution in [-0.4, -0.2) is 37.7 Å². The maximum Gasteiger partial charge on any atom is 0.438 e. The van der Waals surface area contributed by atoms with Gasteiger partial charge in [-0.3, -0.25) is 4.79 Å². The third-order valence-electron chi connectivity index (χ3n) is 5.18. The third kappa shape index (κ3) is 3.95. The number of alkyl halides is 3. The highest BCUT2D eigenvalue weighted by molar-refractivity contribution is 6.08. The van der Waals surface area contributed by atoms with Crippen LogP contribution in [0.25, 0.3) is 5.65 Å². The van der Waals surface area contributed by atoms with E-state index in [2.05, 4.69) is 25.8 Å². The van der Waals surface area contributed by atoms with Crippen molar-refractivity contribution in [2.75, 3.05) is 10.6 Å². The number of H-pyrrole nitrogens is 1. The number of hydrogen-bond donors (Lipinski definition) is 4. The Bertz CT molecular complexity index is 1070. The lowest BCUT2D eigenvalue weighted by molar-refractivity contribution is -0.727. The Morgan fingerprint density at radius 2 is 2.13 bits per heavy atom. The standard InChI is InChI=1S/C18H21F3N8O/c1-28-9-13(15(27-28)18(19,20)21)25-17(30)10-8-23-29-7-6-14(26-16(10)29)24-12-5-3-2-4-11(12)22/h6-9,11-12H,2-5,22H2,1H3,(H2,23,24,25,26,30)/p+1/t11-,12+/m0/s1. The van der Waals surface area contributed by atoms with E-state index < -0.39 is 17.8 Å². The molecule has 30 heavy (non-hydrogen) atoms. The fourth-order valence-corrected chi connectivity index (χ4v) is 3.67. The Balaban J connectivity index is 1.59. The van der Waals surface area contributed by atoms with Crippen LogP contribution in [0.3, 0.4) is 0 Å². The first-order valence-electron chi connectivity index (χ1n) is 9.56. The Labute approximate surface area is 169 Å². The highest BCUT2D eigenvalue weighted by Gasteiger charge is 2.39. The maximum absolute atomic E-state index is 13.2. The molecule has 0 spiro atoms. The van der Waals surface area contributed by atoms with Gasteiger partial charge in [0.25, 0.3) is 5.91 Å². The highest BCUT2D eigenvalue weighted by atomic mass is 19.4. The van der Waals surface area contributed by atoms with Crippen LogP contribution in [0.1, 0.15) is 41.7 Å². The molecular formula is C18H22F3N8O+. The monoisotopic (exact) mass is 423 g/mol. The molecule has 1 saturated carbocycles. The van der Waals surface area contributed by atoms with E-state index in [1.807, 2.05) is 0 Å². The van der Waals surface area contributed by atoms with Crippen LogP contribution in [0.15, 0.2) is 24.7 Å². The van der Waals surface area contributed by atoms with Gasteiger partial charge in [0.2, 0.25) is 11.9 Å². The molecule has 12 heteroatoms. The predicted molar refractivity (Wildman–Crippen MR) is 102 cm³/mol. The van der Waals surface area contributed by atoms with Crippen molar-refractivity contribution < 1.29 is 22.6 Å². The number of aromatic amines is 1. The molecule has 0 aromatic carbocycles. The van der Waals surface area contributed by atoms with Crippen LogP contribution in [0.2, 0.25) is 0 Å². The third-order valence-corrected chi connectivity index (χ3v) is 5.18. The average Bonchev–Trinajstić information content (AvgIpc) is 3.26. The van der Waals surface area contributed by atoms with E-state index in [-0.39, 0.29) is 29.0 Å². The Morgan fingerprint density at radius 1 is 1.37 bits per heavy atom. The molecule has 0 unspecified atom stereocenters. The van der Waals surface area contributed by atoms with Crippen LogP contribution in [0, 0.1) is 0 Å². The zero-order valence-corrected chi connectivity index (χ0v) is 16.2. The number of rotatable bonds is 4. The van der Waals surface area contributed by atoms with Crippen LogP contribution < -0.4 is 21.0 Å². The zero-order chi connectivity index (χ0) is 21.5. The molecule has 3 aromatic rings. The van der Waals surface area contributed by atoms with Gasteiger partial charge in [-0.05, 0) is 18.9 Å². The number of anilines is 2. The van der Waals surface area contributed by atoms with Crippen molar-refractivity contribution in [2.24, 2.45) is 12.8 Å². The van der Waals surface area contributed by atoms with Crippen molar-refractivity contribution in [3.8, 4) is 0 Å². The molecule has 0 radical (unpaired) electrons. The minimum Gasteiger partial charge on any atom is -0.366 e. The van der Waals surface area contributed by atoms with Gasteiger partial charge in [0.05, 0.1) is 6.20 Å². The van der Waals surface area contributed by atoms with Crippen molar-refractivity contribution in [1.29, 1.82) is 0 Å². The quantitative estimate of drug-likeness (QED) is 0.478. The summed E-state index contributed by atoms with van der Waals surface area (Å²) in [5, 5.41) is 11.8. The first-order valence-corrected chi connectivity index (χ1v) is 9.56.